The van der Waals surface area contributed by atoms with Gasteiger partial charge < -0.3 is 4.74 Å². The van der Waals surface area contributed by atoms with E-state index in [-0.39, 0.29) is 0 Å². The van der Waals surface area contributed by atoms with Crippen LogP contribution in [0.25, 0.3) is 0 Å². The van der Waals surface area contributed by atoms with Crippen molar-refractivity contribution >= 4 is 11.8 Å². The Morgan fingerprint density at radius 2 is 1.90 bits per heavy atom. The van der Waals surface area contributed by atoms with E-state index < -0.39 is 0 Å². The zero-order chi connectivity index (χ0) is 14.5. The molecular weight excluding hydrogens is 280 g/mol. The SMILES string of the molecule is CSc1ccc(OCCN2CCC(N3CCCC3)C2)cc1. The van der Waals surface area contributed by atoms with Crippen LogP contribution in [-0.4, -0.2) is 61.4 Å². The summed E-state index contributed by atoms with van der Waals surface area (Å²) in [5.74, 6) is 0.989. The number of ether oxygens (including phenoxy) is 1. The van der Waals surface area contributed by atoms with Gasteiger partial charge in [-0.3, -0.25) is 9.80 Å². The number of hydrogen-bond donors (Lipinski definition) is 0. The third-order valence-corrected chi connectivity index (χ3v) is 5.38. The van der Waals surface area contributed by atoms with Gasteiger partial charge in [0.1, 0.15) is 12.4 Å². The first-order chi connectivity index (χ1) is 10.3. The maximum atomic E-state index is 5.86. The third-order valence-electron chi connectivity index (χ3n) is 4.64. The van der Waals surface area contributed by atoms with E-state index in [4.69, 9.17) is 4.74 Å². The van der Waals surface area contributed by atoms with E-state index in [1.54, 1.807) is 11.8 Å². The first kappa shape index (κ1) is 15.2. The highest BCUT2D eigenvalue weighted by Gasteiger charge is 2.28. The molecule has 2 saturated heterocycles. The smallest absolute Gasteiger partial charge is 0.119 e. The van der Waals surface area contributed by atoms with Crippen molar-refractivity contribution in [3.8, 4) is 5.75 Å². The monoisotopic (exact) mass is 306 g/mol. The number of thioether (sulfide) groups is 1. The maximum Gasteiger partial charge on any atom is 0.119 e. The van der Waals surface area contributed by atoms with Gasteiger partial charge in [-0.1, -0.05) is 0 Å². The van der Waals surface area contributed by atoms with E-state index >= 15 is 0 Å². The van der Waals surface area contributed by atoms with Gasteiger partial charge in [-0.05, 0) is 69.4 Å². The molecule has 0 spiro atoms. The second-order valence-corrected chi connectivity index (χ2v) is 6.89. The van der Waals surface area contributed by atoms with Crippen LogP contribution in [0.4, 0.5) is 0 Å². The van der Waals surface area contributed by atoms with Crippen LogP contribution < -0.4 is 4.74 Å². The molecule has 1 unspecified atom stereocenters. The van der Waals surface area contributed by atoms with E-state index in [1.165, 1.54) is 50.3 Å². The van der Waals surface area contributed by atoms with Crippen molar-refractivity contribution in [3.63, 3.8) is 0 Å². The molecule has 3 rings (SSSR count). The van der Waals surface area contributed by atoms with Crippen molar-refractivity contribution in [1.29, 1.82) is 0 Å². The lowest BCUT2D eigenvalue weighted by Crippen LogP contribution is -2.36. The minimum Gasteiger partial charge on any atom is -0.492 e. The standard InChI is InChI=1S/C17H26N2OS/c1-21-17-6-4-16(5-7-17)20-13-12-18-11-8-15(14-18)19-9-2-3-10-19/h4-7,15H,2-3,8-14H2,1H3. The minimum atomic E-state index is 0.797. The number of benzene rings is 1. The number of hydrogen-bond acceptors (Lipinski definition) is 4. The second-order valence-electron chi connectivity index (χ2n) is 6.01. The highest BCUT2D eigenvalue weighted by molar-refractivity contribution is 7.98. The van der Waals surface area contributed by atoms with Gasteiger partial charge in [-0.25, -0.2) is 0 Å². The molecule has 0 N–H and O–H groups in total. The Bertz CT molecular complexity index is 431. The molecule has 0 saturated carbocycles. The van der Waals surface area contributed by atoms with Crippen LogP contribution in [0.1, 0.15) is 19.3 Å². The number of nitrogens with zero attached hydrogens (tertiary/aromatic N) is 2. The summed E-state index contributed by atoms with van der Waals surface area (Å²) >= 11 is 1.77. The molecular formula is C17H26N2OS. The average Bonchev–Trinajstić information content (AvgIpc) is 3.19. The molecule has 0 aromatic heterocycles. The molecule has 0 bridgehead atoms. The topological polar surface area (TPSA) is 15.7 Å². The molecule has 0 aliphatic carbocycles. The largest absolute Gasteiger partial charge is 0.492 e. The Hall–Kier alpha value is -0.710. The van der Waals surface area contributed by atoms with Gasteiger partial charge in [0.2, 0.25) is 0 Å². The van der Waals surface area contributed by atoms with Crippen molar-refractivity contribution in [1.82, 2.24) is 9.80 Å². The van der Waals surface area contributed by atoms with E-state index in [0.29, 0.717) is 0 Å². The average molecular weight is 306 g/mol. The second kappa shape index (κ2) is 7.52. The van der Waals surface area contributed by atoms with Crippen molar-refractivity contribution < 1.29 is 4.74 Å². The minimum absolute atomic E-state index is 0.797. The summed E-state index contributed by atoms with van der Waals surface area (Å²) in [6.45, 7) is 6.94. The Balaban J connectivity index is 1.37. The van der Waals surface area contributed by atoms with Crippen LogP contribution in [-0.2, 0) is 0 Å². The first-order valence-electron chi connectivity index (χ1n) is 8.08. The Labute approximate surface area is 132 Å². The number of rotatable bonds is 6. The van der Waals surface area contributed by atoms with Gasteiger partial charge in [0.05, 0.1) is 0 Å². The molecule has 0 amide bonds. The molecule has 2 fully saturated rings. The fourth-order valence-corrected chi connectivity index (χ4v) is 3.79. The molecule has 116 valence electrons. The van der Waals surface area contributed by atoms with Gasteiger partial charge in [0, 0.05) is 24.0 Å². The molecule has 2 aliphatic rings. The fraction of sp³-hybridized carbons (Fsp3) is 0.647. The van der Waals surface area contributed by atoms with E-state index in [2.05, 4.69) is 40.3 Å². The highest BCUT2D eigenvalue weighted by Crippen LogP contribution is 2.21. The molecule has 0 radical (unpaired) electrons. The summed E-state index contributed by atoms with van der Waals surface area (Å²) in [5, 5.41) is 0. The zero-order valence-electron chi connectivity index (χ0n) is 13.0. The van der Waals surface area contributed by atoms with Crippen molar-refractivity contribution in [2.75, 3.05) is 45.6 Å². The lowest BCUT2D eigenvalue weighted by Gasteiger charge is -2.23. The molecule has 1 aromatic carbocycles. The van der Waals surface area contributed by atoms with E-state index in [9.17, 15) is 0 Å². The van der Waals surface area contributed by atoms with E-state index in [1.807, 2.05) is 0 Å². The van der Waals surface area contributed by atoms with E-state index in [0.717, 1.165) is 24.9 Å². The molecule has 2 aliphatic heterocycles. The predicted octanol–water partition coefficient (Wildman–Crippen LogP) is 2.96. The third kappa shape index (κ3) is 4.15. The Morgan fingerprint density at radius 1 is 1.14 bits per heavy atom. The molecule has 1 atom stereocenters. The van der Waals surface area contributed by atoms with Gasteiger partial charge in [-0.2, -0.15) is 0 Å². The molecule has 3 nitrogen and oxygen atoms in total. The fourth-order valence-electron chi connectivity index (χ4n) is 3.38. The van der Waals surface area contributed by atoms with Crippen molar-refractivity contribution in [2.45, 2.75) is 30.2 Å². The summed E-state index contributed by atoms with van der Waals surface area (Å²) in [6, 6.07) is 9.19. The van der Waals surface area contributed by atoms with Crippen LogP contribution in [0.5, 0.6) is 5.75 Å². The lowest BCUT2D eigenvalue weighted by atomic mass is 10.2. The van der Waals surface area contributed by atoms with Crippen LogP contribution >= 0.6 is 11.8 Å². The van der Waals surface area contributed by atoms with Crippen molar-refractivity contribution in [2.24, 2.45) is 0 Å². The van der Waals surface area contributed by atoms with Crippen LogP contribution in [0, 0.1) is 0 Å². The Morgan fingerprint density at radius 3 is 2.62 bits per heavy atom. The number of likely N-dealkylation sites (tertiary alicyclic amines) is 2. The lowest BCUT2D eigenvalue weighted by molar-refractivity contribution is 0.207. The molecule has 21 heavy (non-hydrogen) atoms. The van der Waals surface area contributed by atoms with Crippen molar-refractivity contribution in [3.05, 3.63) is 24.3 Å². The normalized spacial score (nSPS) is 23.8. The Kier molecular flexibility index (Phi) is 5.44. The van der Waals surface area contributed by atoms with Crippen LogP contribution in [0.2, 0.25) is 0 Å². The summed E-state index contributed by atoms with van der Waals surface area (Å²) in [5.41, 5.74) is 0. The highest BCUT2D eigenvalue weighted by atomic mass is 32.2. The van der Waals surface area contributed by atoms with Gasteiger partial charge in [0.15, 0.2) is 0 Å². The summed E-state index contributed by atoms with van der Waals surface area (Å²) in [4.78, 5) is 6.52. The first-order valence-corrected chi connectivity index (χ1v) is 9.31. The molecule has 1 aromatic rings. The van der Waals surface area contributed by atoms with Crippen LogP contribution in [0.15, 0.2) is 29.2 Å². The zero-order valence-corrected chi connectivity index (χ0v) is 13.8. The molecule has 4 heteroatoms. The quantitative estimate of drug-likeness (QED) is 0.751. The van der Waals surface area contributed by atoms with Gasteiger partial charge in [-0.15, -0.1) is 11.8 Å². The summed E-state index contributed by atoms with van der Waals surface area (Å²) in [7, 11) is 0. The van der Waals surface area contributed by atoms with Crippen LogP contribution in [0.3, 0.4) is 0 Å². The summed E-state index contributed by atoms with van der Waals surface area (Å²) in [6.07, 6.45) is 6.22. The van der Waals surface area contributed by atoms with Gasteiger partial charge >= 0.3 is 0 Å². The summed E-state index contributed by atoms with van der Waals surface area (Å²) < 4.78 is 5.86. The predicted molar refractivity (Wildman–Crippen MR) is 89.4 cm³/mol. The molecule has 2 heterocycles. The van der Waals surface area contributed by atoms with Gasteiger partial charge in [0.25, 0.3) is 0 Å². The maximum absolute atomic E-state index is 5.86.